The van der Waals surface area contributed by atoms with Gasteiger partial charge in [0, 0.05) is 46.5 Å². The molecule has 0 saturated heterocycles. The number of ether oxygens (including phenoxy) is 1. The Kier molecular flexibility index (Phi) is 6.44. The fraction of sp³-hybridized carbons (Fsp3) is 0.632. The summed E-state index contributed by atoms with van der Waals surface area (Å²) in [5.41, 5.74) is 1.22. The van der Waals surface area contributed by atoms with E-state index in [9.17, 15) is 0 Å². The first-order chi connectivity index (χ1) is 12.8. The SMILES string of the molecule is CN=C(NCCc1nnc2ccccn12)NCC1(CCOC)CCCC1. The number of pyridine rings is 1. The topological polar surface area (TPSA) is 75.8 Å². The van der Waals surface area contributed by atoms with Crippen molar-refractivity contribution in [3.05, 3.63) is 30.2 Å². The van der Waals surface area contributed by atoms with E-state index in [2.05, 4.69) is 25.8 Å². The van der Waals surface area contributed by atoms with Crippen LogP contribution in [0.3, 0.4) is 0 Å². The molecule has 0 radical (unpaired) electrons. The normalized spacial score (nSPS) is 16.9. The number of aliphatic imine (C=N–C) groups is 1. The minimum Gasteiger partial charge on any atom is -0.385 e. The molecule has 2 N–H and O–H groups in total. The Labute approximate surface area is 155 Å². The second kappa shape index (κ2) is 8.98. The van der Waals surface area contributed by atoms with Crippen LogP contribution in [-0.4, -0.2) is 54.4 Å². The minimum absolute atomic E-state index is 0.344. The van der Waals surface area contributed by atoms with Crippen LogP contribution in [0.4, 0.5) is 0 Å². The first kappa shape index (κ1) is 18.6. The molecule has 142 valence electrons. The van der Waals surface area contributed by atoms with Crippen LogP contribution in [0.1, 0.15) is 37.9 Å². The van der Waals surface area contributed by atoms with Gasteiger partial charge in [-0.1, -0.05) is 18.9 Å². The zero-order valence-electron chi connectivity index (χ0n) is 15.9. The van der Waals surface area contributed by atoms with Crippen LogP contribution >= 0.6 is 0 Å². The van der Waals surface area contributed by atoms with Crippen molar-refractivity contribution in [3.8, 4) is 0 Å². The smallest absolute Gasteiger partial charge is 0.191 e. The number of hydrogen-bond acceptors (Lipinski definition) is 4. The van der Waals surface area contributed by atoms with Crippen LogP contribution in [-0.2, 0) is 11.2 Å². The molecule has 0 unspecified atom stereocenters. The molecule has 1 saturated carbocycles. The first-order valence-electron chi connectivity index (χ1n) is 9.48. The number of nitrogens with one attached hydrogen (secondary N) is 2. The summed E-state index contributed by atoms with van der Waals surface area (Å²) in [6, 6.07) is 5.93. The molecule has 0 atom stereocenters. The molecule has 3 rings (SSSR count). The molecule has 26 heavy (non-hydrogen) atoms. The second-order valence-electron chi connectivity index (χ2n) is 7.10. The molecule has 2 heterocycles. The Morgan fingerprint density at radius 2 is 2.12 bits per heavy atom. The van der Waals surface area contributed by atoms with E-state index in [0.29, 0.717) is 5.41 Å². The van der Waals surface area contributed by atoms with E-state index in [1.165, 1.54) is 25.7 Å². The van der Waals surface area contributed by atoms with Crippen molar-refractivity contribution in [1.29, 1.82) is 0 Å². The number of aromatic nitrogens is 3. The van der Waals surface area contributed by atoms with E-state index in [4.69, 9.17) is 4.74 Å². The third-order valence-electron chi connectivity index (χ3n) is 5.38. The van der Waals surface area contributed by atoms with Gasteiger partial charge in [0.2, 0.25) is 0 Å². The fourth-order valence-corrected chi connectivity index (χ4v) is 3.80. The Morgan fingerprint density at radius 3 is 2.88 bits per heavy atom. The number of fused-ring (bicyclic) bond motifs is 1. The van der Waals surface area contributed by atoms with Gasteiger partial charge in [-0.05, 0) is 36.8 Å². The average molecular weight is 358 g/mol. The van der Waals surface area contributed by atoms with E-state index in [1.54, 1.807) is 7.11 Å². The first-order valence-corrected chi connectivity index (χ1v) is 9.48. The summed E-state index contributed by atoms with van der Waals surface area (Å²) in [7, 11) is 3.60. The number of rotatable bonds is 8. The number of nitrogens with zero attached hydrogens (tertiary/aromatic N) is 4. The molecule has 2 aromatic rings. The second-order valence-corrected chi connectivity index (χ2v) is 7.10. The van der Waals surface area contributed by atoms with Crippen molar-refractivity contribution in [3.63, 3.8) is 0 Å². The monoisotopic (exact) mass is 358 g/mol. The van der Waals surface area contributed by atoms with E-state index >= 15 is 0 Å². The molecule has 0 spiro atoms. The molecule has 2 aromatic heterocycles. The lowest BCUT2D eigenvalue weighted by atomic mass is 9.83. The van der Waals surface area contributed by atoms with Crippen molar-refractivity contribution >= 4 is 11.6 Å². The van der Waals surface area contributed by atoms with E-state index in [0.717, 1.165) is 50.0 Å². The standard InChI is InChI=1S/C19H30N6O/c1-20-18(22-15-19(11-14-26-2)9-4-5-10-19)21-12-8-17-24-23-16-7-3-6-13-25(16)17/h3,6-7,13H,4-5,8-12,14-15H2,1-2H3,(H2,20,21,22). The van der Waals surface area contributed by atoms with Gasteiger partial charge in [0.05, 0.1) is 0 Å². The largest absolute Gasteiger partial charge is 0.385 e. The van der Waals surface area contributed by atoms with E-state index < -0.39 is 0 Å². The van der Waals surface area contributed by atoms with Gasteiger partial charge in [-0.25, -0.2) is 0 Å². The van der Waals surface area contributed by atoms with Crippen molar-refractivity contribution in [2.24, 2.45) is 10.4 Å². The van der Waals surface area contributed by atoms with Gasteiger partial charge in [-0.2, -0.15) is 0 Å². The van der Waals surface area contributed by atoms with Crippen LogP contribution in [0.5, 0.6) is 0 Å². The maximum Gasteiger partial charge on any atom is 0.191 e. The van der Waals surface area contributed by atoms with Crippen LogP contribution in [0, 0.1) is 5.41 Å². The number of hydrogen-bond donors (Lipinski definition) is 2. The molecule has 0 aromatic carbocycles. The zero-order chi connectivity index (χ0) is 18.2. The summed E-state index contributed by atoms with van der Waals surface area (Å²) < 4.78 is 7.34. The molecule has 0 bridgehead atoms. The molecular formula is C19H30N6O. The summed E-state index contributed by atoms with van der Waals surface area (Å²) in [5.74, 6) is 1.80. The Balaban J connectivity index is 1.48. The lowest BCUT2D eigenvalue weighted by molar-refractivity contribution is 0.138. The molecule has 1 fully saturated rings. The Hall–Kier alpha value is -2.15. The van der Waals surface area contributed by atoms with Gasteiger partial charge in [0.25, 0.3) is 0 Å². The number of methoxy groups -OCH3 is 1. The Morgan fingerprint density at radius 1 is 1.27 bits per heavy atom. The van der Waals surface area contributed by atoms with E-state index in [1.807, 2.05) is 35.8 Å². The van der Waals surface area contributed by atoms with Gasteiger partial charge in [-0.15, -0.1) is 10.2 Å². The molecule has 1 aliphatic rings. The summed E-state index contributed by atoms with van der Waals surface area (Å²) in [4.78, 5) is 4.36. The highest BCUT2D eigenvalue weighted by Crippen LogP contribution is 2.40. The highest BCUT2D eigenvalue weighted by molar-refractivity contribution is 5.79. The lowest BCUT2D eigenvalue weighted by Crippen LogP contribution is -2.44. The van der Waals surface area contributed by atoms with Crippen LogP contribution in [0.2, 0.25) is 0 Å². The van der Waals surface area contributed by atoms with Crippen molar-refractivity contribution in [2.75, 3.05) is 33.9 Å². The summed E-state index contributed by atoms with van der Waals surface area (Å²) in [6.45, 7) is 2.54. The van der Waals surface area contributed by atoms with Crippen molar-refractivity contribution < 1.29 is 4.74 Å². The van der Waals surface area contributed by atoms with Crippen LogP contribution in [0.15, 0.2) is 29.4 Å². The summed E-state index contributed by atoms with van der Waals surface area (Å²) >= 11 is 0. The van der Waals surface area contributed by atoms with Crippen molar-refractivity contribution in [2.45, 2.75) is 38.5 Å². The van der Waals surface area contributed by atoms with Gasteiger partial charge in [0.15, 0.2) is 11.6 Å². The lowest BCUT2D eigenvalue weighted by Gasteiger charge is -2.29. The van der Waals surface area contributed by atoms with Gasteiger partial charge in [0.1, 0.15) is 5.82 Å². The fourth-order valence-electron chi connectivity index (χ4n) is 3.80. The molecule has 7 nitrogen and oxygen atoms in total. The van der Waals surface area contributed by atoms with Gasteiger partial charge < -0.3 is 15.4 Å². The molecule has 0 amide bonds. The predicted molar refractivity (Wildman–Crippen MR) is 103 cm³/mol. The van der Waals surface area contributed by atoms with Gasteiger partial charge in [-0.3, -0.25) is 9.39 Å². The third-order valence-corrected chi connectivity index (χ3v) is 5.38. The van der Waals surface area contributed by atoms with Crippen LogP contribution in [0.25, 0.3) is 5.65 Å². The highest BCUT2D eigenvalue weighted by Gasteiger charge is 2.33. The highest BCUT2D eigenvalue weighted by atomic mass is 16.5. The molecular weight excluding hydrogens is 328 g/mol. The van der Waals surface area contributed by atoms with Gasteiger partial charge >= 0.3 is 0 Å². The zero-order valence-corrected chi connectivity index (χ0v) is 15.9. The van der Waals surface area contributed by atoms with Crippen LogP contribution < -0.4 is 10.6 Å². The quantitative estimate of drug-likeness (QED) is 0.558. The molecule has 7 heteroatoms. The maximum atomic E-state index is 5.31. The number of guanidine groups is 1. The van der Waals surface area contributed by atoms with E-state index in [-0.39, 0.29) is 0 Å². The average Bonchev–Trinajstić information content (AvgIpc) is 3.31. The predicted octanol–water partition coefficient (Wildman–Crippen LogP) is 2.03. The summed E-state index contributed by atoms with van der Waals surface area (Å²) in [6.07, 6.45) is 9.07. The third kappa shape index (κ3) is 4.52. The van der Waals surface area contributed by atoms with Crippen molar-refractivity contribution in [1.82, 2.24) is 25.2 Å². The maximum absolute atomic E-state index is 5.31. The minimum atomic E-state index is 0.344. The summed E-state index contributed by atoms with van der Waals surface area (Å²) in [5, 5.41) is 15.4. The Bertz CT molecular complexity index is 720. The molecule has 1 aliphatic carbocycles. The molecule has 0 aliphatic heterocycles.